The molecule has 0 aliphatic rings. The molecule has 2 unspecified atom stereocenters. The number of rotatable bonds is 10. The van der Waals surface area contributed by atoms with Crippen LogP contribution in [0.5, 0.6) is 0 Å². The van der Waals surface area contributed by atoms with E-state index in [1.54, 1.807) is 13.8 Å². The Labute approximate surface area is 144 Å². The summed E-state index contributed by atoms with van der Waals surface area (Å²) in [6.45, 7) is 5.67. The first-order chi connectivity index (χ1) is 11.6. The van der Waals surface area contributed by atoms with Crippen molar-refractivity contribution in [2.45, 2.75) is 39.5 Å². The van der Waals surface area contributed by atoms with Crippen molar-refractivity contribution in [1.82, 2.24) is 0 Å². The van der Waals surface area contributed by atoms with Crippen LogP contribution in [0, 0.1) is 57.2 Å². The van der Waals surface area contributed by atoms with Crippen molar-refractivity contribution < 1.29 is 0 Å². The third-order valence-corrected chi connectivity index (χ3v) is 2.45. The van der Waals surface area contributed by atoms with Gasteiger partial charge in [0.15, 0.2) is 0 Å². The molecule has 0 saturated heterocycles. The zero-order chi connectivity index (χ0) is 18.5. The first-order valence-corrected chi connectivity index (χ1v) is 7.81. The summed E-state index contributed by atoms with van der Waals surface area (Å²) in [5.74, 6) is -0.183. The first-order valence-electron chi connectivity index (χ1n) is 7.81. The molecule has 0 aromatic rings. The van der Waals surface area contributed by atoms with Gasteiger partial charge in [0.2, 0.25) is 0 Å². The van der Waals surface area contributed by atoms with Crippen molar-refractivity contribution in [3.63, 3.8) is 0 Å². The molecule has 0 aliphatic carbocycles. The van der Waals surface area contributed by atoms with Crippen LogP contribution >= 0.6 is 0 Å². The minimum absolute atomic E-state index is 0.0915. The van der Waals surface area contributed by atoms with Crippen molar-refractivity contribution in [3.8, 4) is 24.3 Å². The average Bonchev–Trinajstić information content (AvgIpc) is 2.61. The van der Waals surface area contributed by atoms with Crippen molar-refractivity contribution in [2.24, 2.45) is 32.3 Å². The summed E-state index contributed by atoms with van der Waals surface area (Å²) in [7, 11) is 0. The van der Waals surface area contributed by atoms with Crippen molar-refractivity contribution in [3.05, 3.63) is 0 Å². The number of azo groups is 2. The number of nitrogens with zero attached hydrogens (tertiary/aromatic N) is 8. The highest BCUT2D eigenvalue weighted by Gasteiger charge is 1.97. The fourth-order valence-electron chi connectivity index (χ4n) is 1.04. The summed E-state index contributed by atoms with van der Waals surface area (Å²) < 4.78 is 0. The van der Waals surface area contributed by atoms with Gasteiger partial charge in [0.1, 0.15) is 0 Å². The second kappa shape index (κ2) is 20.2. The second-order valence-electron chi connectivity index (χ2n) is 4.96. The predicted molar refractivity (Wildman–Crippen MR) is 88.4 cm³/mol. The lowest BCUT2D eigenvalue weighted by molar-refractivity contribution is 0.667. The number of hydrogen-bond acceptors (Lipinski definition) is 8. The van der Waals surface area contributed by atoms with Crippen LogP contribution in [-0.4, -0.2) is 26.2 Å². The second-order valence-corrected chi connectivity index (χ2v) is 4.96. The van der Waals surface area contributed by atoms with E-state index in [2.05, 4.69) is 20.5 Å². The van der Waals surface area contributed by atoms with Gasteiger partial charge in [0.25, 0.3) is 0 Å². The topological polar surface area (TPSA) is 145 Å². The zero-order valence-electron chi connectivity index (χ0n) is 14.4. The molecule has 8 heteroatoms. The molecule has 0 aromatic carbocycles. The van der Waals surface area contributed by atoms with Crippen molar-refractivity contribution in [1.29, 1.82) is 21.0 Å². The van der Waals surface area contributed by atoms with E-state index in [4.69, 9.17) is 21.0 Å². The standard InChI is InChI=1S/2C8H12N4/c1-7(3-9)5-11-12-6-8(2)4-10;9-5-1-3-7-11-12-8-4-2-6-10/h7-8H,5-6H2,1-2H3;1-4,7-8H2. The minimum atomic E-state index is -0.0915. The van der Waals surface area contributed by atoms with E-state index in [9.17, 15) is 0 Å². The summed E-state index contributed by atoms with van der Waals surface area (Å²) in [5.41, 5.74) is 0. The lowest BCUT2D eigenvalue weighted by Crippen LogP contribution is -1.96. The monoisotopic (exact) mass is 328 g/mol. The first kappa shape index (κ1) is 23.4. The normalized spacial score (nSPS) is 12.2. The van der Waals surface area contributed by atoms with Crippen LogP contribution in [0.15, 0.2) is 20.5 Å². The Balaban J connectivity index is 0. The Morgan fingerprint density at radius 3 is 1.33 bits per heavy atom. The van der Waals surface area contributed by atoms with Gasteiger partial charge in [-0.15, -0.1) is 0 Å². The lowest BCUT2D eigenvalue weighted by Gasteiger charge is -1.95. The van der Waals surface area contributed by atoms with Gasteiger partial charge in [0, 0.05) is 12.8 Å². The molecule has 2 atom stereocenters. The lowest BCUT2D eigenvalue weighted by atomic mass is 10.2. The quantitative estimate of drug-likeness (QED) is 0.443. The molecule has 0 N–H and O–H groups in total. The van der Waals surface area contributed by atoms with E-state index >= 15 is 0 Å². The summed E-state index contributed by atoms with van der Waals surface area (Å²) in [6.07, 6.45) is 2.63. The van der Waals surface area contributed by atoms with Gasteiger partial charge in [0.05, 0.1) is 62.3 Å². The highest BCUT2D eigenvalue weighted by atomic mass is 15.1. The molecule has 0 heterocycles. The molecule has 8 nitrogen and oxygen atoms in total. The maximum Gasteiger partial charge on any atom is 0.0754 e. The van der Waals surface area contributed by atoms with Crippen LogP contribution < -0.4 is 0 Å². The smallest absolute Gasteiger partial charge is 0.0754 e. The van der Waals surface area contributed by atoms with E-state index in [1.807, 2.05) is 24.3 Å². The van der Waals surface area contributed by atoms with Crippen LogP contribution in [0.1, 0.15) is 39.5 Å². The van der Waals surface area contributed by atoms with Crippen LogP contribution in [0.2, 0.25) is 0 Å². The molecule has 0 saturated carbocycles. The Kier molecular flexibility index (Phi) is 19.7. The van der Waals surface area contributed by atoms with Gasteiger partial charge in [-0.25, -0.2) is 0 Å². The van der Waals surface area contributed by atoms with Crippen LogP contribution in [0.3, 0.4) is 0 Å². The van der Waals surface area contributed by atoms with Gasteiger partial charge < -0.3 is 0 Å². The van der Waals surface area contributed by atoms with Gasteiger partial charge in [-0.2, -0.15) is 41.5 Å². The van der Waals surface area contributed by atoms with E-state index < -0.39 is 0 Å². The molecule has 0 spiro atoms. The van der Waals surface area contributed by atoms with Gasteiger partial charge >= 0.3 is 0 Å². The Hall–Kier alpha value is -2.84. The molecule has 0 fully saturated rings. The molecule has 0 rings (SSSR count). The summed E-state index contributed by atoms with van der Waals surface area (Å²) in [6, 6.07) is 8.16. The van der Waals surface area contributed by atoms with E-state index in [1.165, 1.54) is 0 Å². The highest BCUT2D eigenvalue weighted by molar-refractivity contribution is 4.81. The maximum absolute atomic E-state index is 8.39. The van der Waals surface area contributed by atoms with Crippen molar-refractivity contribution >= 4 is 0 Å². The minimum Gasteiger partial charge on any atom is -0.198 e. The third-order valence-electron chi connectivity index (χ3n) is 2.45. The van der Waals surface area contributed by atoms with Crippen LogP contribution in [0.25, 0.3) is 0 Å². The number of unbranched alkanes of at least 4 members (excludes halogenated alkanes) is 2. The molecule has 0 radical (unpaired) electrons. The molecular formula is C16H24N8. The van der Waals surface area contributed by atoms with Gasteiger partial charge in [-0.05, 0) is 26.7 Å². The fourth-order valence-corrected chi connectivity index (χ4v) is 1.04. The average molecular weight is 328 g/mol. The largest absolute Gasteiger partial charge is 0.198 e. The van der Waals surface area contributed by atoms with Crippen molar-refractivity contribution in [2.75, 3.05) is 26.2 Å². The maximum atomic E-state index is 8.39. The molecule has 128 valence electrons. The highest BCUT2D eigenvalue weighted by Crippen LogP contribution is 1.96. The summed E-state index contributed by atoms with van der Waals surface area (Å²) in [5, 5.41) is 48.4. The van der Waals surface area contributed by atoms with E-state index in [-0.39, 0.29) is 11.8 Å². The van der Waals surface area contributed by atoms with Crippen LogP contribution in [-0.2, 0) is 0 Å². The SMILES string of the molecule is CC(C#N)CN=NCC(C)C#N.N#CCCCN=NCCCC#N. The number of nitriles is 4. The molecule has 0 amide bonds. The Morgan fingerprint density at radius 1 is 0.667 bits per heavy atom. The van der Waals surface area contributed by atoms with E-state index in [0.29, 0.717) is 39.0 Å². The third kappa shape index (κ3) is 21.5. The Morgan fingerprint density at radius 2 is 1.04 bits per heavy atom. The number of hydrogen-bond donors (Lipinski definition) is 0. The van der Waals surface area contributed by atoms with Gasteiger partial charge in [-0.3, -0.25) is 0 Å². The molecular weight excluding hydrogens is 304 g/mol. The Bertz CT molecular complexity index is 466. The van der Waals surface area contributed by atoms with Gasteiger partial charge in [-0.1, -0.05) is 0 Å². The summed E-state index contributed by atoms with van der Waals surface area (Å²) >= 11 is 0. The molecule has 24 heavy (non-hydrogen) atoms. The predicted octanol–water partition coefficient (Wildman–Crippen LogP) is 3.80. The fraction of sp³-hybridized carbons (Fsp3) is 0.750. The molecule has 0 aliphatic heterocycles. The zero-order valence-corrected chi connectivity index (χ0v) is 14.4. The van der Waals surface area contributed by atoms with E-state index in [0.717, 1.165) is 12.8 Å². The van der Waals surface area contributed by atoms with Crippen LogP contribution in [0.4, 0.5) is 0 Å². The summed E-state index contributed by atoms with van der Waals surface area (Å²) in [4.78, 5) is 0. The molecule has 0 bridgehead atoms. The molecule has 0 aromatic heterocycles.